The van der Waals surface area contributed by atoms with Gasteiger partial charge in [-0.05, 0) is 19.8 Å². The van der Waals surface area contributed by atoms with Crippen molar-refractivity contribution < 1.29 is 9.59 Å². The average Bonchev–Trinajstić information content (AvgIpc) is 3.06. The van der Waals surface area contributed by atoms with Gasteiger partial charge in [0.05, 0.1) is 12.0 Å². The molecule has 3 fully saturated rings. The van der Waals surface area contributed by atoms with Crippen LogP contribution >= 0.6 is 0 Å². The van der Waals surface area contributed by atoms with Gasteiger partial charge in [0, 0.05) is 51.6 Å². The minimum Gasteiger partial charge on any atom is -0.341 e. The molecular weight excluding hydrogens is 320 g/mol. The summed E-state index contributed by atoms with van der Waals surface area (Å²) in [7, 11) is 1.83. The standard InChI is InChI=1S/C17H26N6O2/c1-3-22-11-19-20-14(22)8-21(2)16(25)17-9-18-6-13(17)7-23(10-17)15(24)12-4-5-12/h11-13,18H,3-10H2,1-2H3/t13-,17-/m1/s1. The summed E-state index contributed by atoms with van der Waals surface area (Å²) >= 11 is 0. The van der Waals surface area contributed by atoms with Crippen LogP contribution < -0.4 is 5.32 Å². The van der Waals surface area contributed by atoms with E-state index in [0.717, 1.165) is 31.8 Å². The molecule has 8 heteroatoms. The van der Waals surface area contributed by atoms with Gasteiger partial charge in [-0.15, -0.1) is 10.2 Å². The maximum Gasteiger partial charge on any atom is 0.232 e. The third kappa shape index (κ3) is 2.72. The van der Waals surface area contributed by atoms with Crippen LogP contribution in [-0.2, 0) is 22.7 Å². The first-order valence-corrected chi connectivity index (χ1v) is 9.17. The fraction of sp³-hybridized carbons (Fsp3) is 0.765. The number of aryl methyl sites for hydroxylation is 1. The summed E-state index contributed by atoms with van der Waals surface area (Å²) < 4.78 is 1.95. The average molecular weight is 346 g/mol. The van der Waals surface area contributed by atoms with E-state index in [1.54, 1.807) is 11.2 Å². The molecule has 0 aromatic carbocycles. The lowest BCUT2D eigenvalue weighted by Gasteiger charge is -2.31. The molecule has 1 aromatic heterocycles. The van der Waals surface area contributed by atoms with Gasteiger partial charge in [-0.1, -0.05) is 0 Å². The number of hydrogen-bond donors (Lipinski definition) is 1. The Hall–Kier alpha value is -1.96. The second kappa shape index (κ2) is 6.09. The number of rotatable bonds is 5. The van der Waals surface area contributed by atoms with E-state index >= 15 is 0 Å². The molecule has 1 N–H and O–H groups in total. The van der Waals surface area contributed by atoms with E-state index < -0.39 is 5.41 Å². The van der Waals surface area contributed by atoms with E-state index in [2.05, 4.69) is 15.5 Å². The molecule has 3 aliphatic rings. The quantitative estimate of drug-likeness (QED) is 0.792. The van der Waals surface area contributed by atoms with Gasteiger partial charge in [0.25, 0.3) is 0 Å². The van der Waals surface area contributed by atoms with Crippen molar-refractivity contribution in [1.82, 2.24) is 29.9 Å². The van der Waals surface area contributed by atoms with E-state index in [4.69, 9.17) is 0 Å². The molecule has 136 valence electrons. The summed E-state index contributed by atoms with van der Waals surface area (Å²) in [5.74, 6) is 1.56. The molecule has 0 spiro atoms. The van der Waals surface area contributed by atoms with Crippen LogP contribution in [-0.4, -0.2) is 69.6 Å². The van der Waals surface area contributed by atoms with Crippen molar-refractivity contribution in [3.05, 3.63) is 12.2 Å². The van der Waals surface area contributed by atoms with Crippen molar-refractivity contribution in [3.63, 3.8) is 0 Å². The Balaban J connectivity index is 1.50. The topological polar surface area (TPSA) is 83.4 Å². The Labute approximate surface area is 147 Å². The minimum atomic E-state index is -0.490. The van der Waals surface area contributed by atoms with Crippen molar-refractivity contribution >= 4 is 11.8 Å². The second-order valence-electron chi connectivity index (χ2n) is 7.67. The number of nitrogens with zero attached hydrogens (tertiary/aromatic N) is 5. The molecule has 2 atom stereocenters. The van der Waals surface area contributed by atoms with Gasteiger partial charge in [0.2, 0.25) is 11.8 Å². The van der Waals surface area contributed by atoms with Crippen LogP contribution in [0.4, 0.5) is 0 Å². The Bertz CT molecular complexity index is 684. The van der Waals surface area contributed by atoms with Crippen molar-refractivity contribution in [2.45, 2.75) is 32.9 Å². The van der Waals surface area contributed by atoms with Crippen LogP contribution in [0.25, 0.3) is 0 Å². The Kier molecular flexibility index (Phi) is 4.02. The highest BCUT2D eigenvalue weighted by Gasteiger charge is 2.57. The van der Waals surface area contributed by atoms with Gasteiger partial charge in [-0.25, -0.2) is 0 Å². The van der Waals surface area contributed by atoms with Crippen molar-refractivity contribution in [1.29, 1.82) is 0 Å². The lowest BCUT2D eigenvalue weighted by Crippen LogP contribution is -2.48. The largest absolute Gasteiger partial charge is 0.341 e. The Morgan fingerprint density at radius 3 is 2.96 bits per heavy atom. The molecule has 1 aliphatic carbocycles. The van der Waals surface area contributed by atoms with Gasteiger partial charge in [0.15, 0.2) is 5.82 Å². The molecule has 2 aliphatic heterocycles. The Morgan fingerprint density at radius 1 is 1.44 bits per heavy atom. The zero-order chi connectivity index (χ0) is 17.6. The van der Waals surface area contributed by atoms with E-state index in [1.807, 2.05) is 23.4 Å². The lowest BCUT2D eigenvalue weighted by atomic mass is 9.79. The van der Waals surface area contributed by atoms with Gasteiger partial charge in [0.1, 0.15) is 6.33 Å². The highest BCUT2D eigenvalue weighted by Crippen LogP contribution is 2.43. The van der Waals surface area contributed by atoms with Crippen LogP contribution in [0.1, 0.15) is 25.6 Å². The molecule has 4 rings (SSSR count). The first kappa shape index (κ1) is 16.5. The van der Waals surface area contributed by atoms with Crippen LogP contribution in [0, 0.1) is 17.3 Å². The number of carbonyl (C=O) groups is 2. The lowest BCUT2D eigenvalue weighted by molar-refractivity contribution is -0.141. The fourth-order valence-electron chi connectivity index (χ4n) is 4.31. The molecule has 8 nitrogen and oxygen atoms in total. The molecular formula is C17H26N6O2. The smallest absolute Gasteiger partial charge is 0.232 e. The molecule has 25 heavy (non-hydrogen) atoms. The van der Waals surface area contributed by atoms with Crippen molar-refractivity contribution in [3.8, 4) is 0 Å². The normalized spacial score (nSPS) is 28.2. The predicted molar refractivity (Wildman–Crippen MR) is 90.3 cm³/mol. The number of hydrogen-bond acceptors (Lipinski definition) is 5. The molecule has 2 amide bonds. The van der Waals surface area contributed by atoms with Crippen LogP contribution in [0.5, 0.6) is 0 Å². The third-order valence-electron chi connectivity index (χ3n) is 5.95. The molecule has 2 saturated heterocycles. The zero-order valence-electron chi connectivity index (χ0n) is 14.9. The minimum absolute atomic E-state index is 0.110. The third-order valence-corrected chi connectivity index (χ3v) is 5.95. The van der Waals surface area contributed by atoms with E-state index in [0.29, 0.717) is 26.2 Å². The van der Waals surface area contributed by atoms with Gasteiger partial charge < -0.3 is 19.7 Å². The van der Waals surface area contributed by atoms with Crippen LogP contribution in [0.3, 0.4) is 0 Å². The van der Waals surface area contributed by atoms with E-state index in [1.165, 1.54) is 0 Å². The second-order valence-corrected chi connectivity index (χ2v) is 7.67. The number of carbonyl (C=O) groups excluding carboxylic acids is 2. The highest BCUT2D eigenvalue weighted by atomic mass is 16.2. The Morgan fingerprint density at radius 2 is 2.24 bits per heavy atom. The number of aromatic nitrogens is 3. The maximum absolute atomic E-state index is 13.3. The highest BCUT2D eigenvalue weighted by molar-refractivity contribution is 5.87. The summed E-state index contributed by atoms with van der Waals surface area (Å²) in [5, 5.41) is 11.4. The van der Waals surface area contributed by atoms with E-state index in [-0.39, 0.29) is 23.7 Å². The summed E-state index contributed by atoms with van der Waals surface area (Å²) in [4.78, 5) is 29.5. The number of nitrogens with one attached hydrogen (secondary N) is 1. The zero-order valence-corrected chi connectivity index (χ0v) is 14.9. The van der Waals surface area contributed by atoms with Gasteiger partial charge >= 0.3 is 0 Å². The molecule has 1 saturated carbocycles. The van der Waals surface area contributed by atoms with Crippen LogP contribution in [0.15, 0.2) is 6.33 Å². The van der Waals surface area contributed by atoms with Gasteiger partial charge in [-0.3, -0.25) is 9.59 Å². The molecule has 3 heterocycles. The predicted octanol–water partition coefficient (Wildman–Crippen LogP) is -0.286. The number of fused-ring (bicyclic) bond motifs is 1. The molecule has 0 radical (unpaired) electrons. The molecule has 0 bridgehead atoms. The van der Waals surface area contributed by atoms with Crippen molar-refractivity contribution in [2.75, 3.05) is 33.2 Å². The maximum atomic E-state index is 13.3. The SMILES string of the molecule is CCn1cnnc1CN(C)C(=O)[C@@]12CNC[C@@H]1CN(C(=O)C1CC1)C2. The van der Waals surface area contributed by atoms with Crippen LogP contribution in [0.2, 0.25) is 0 Å². The summed E-state index contributed by atoms with van der Waals surface area (Å²) in [6, 6.07) is 0. The monoisotopic (exact) mass is 346 g/mol. The molecule has 0 unspecified atom stereocenters. The number of likely N-dealkylation sites (tertiary alicyclic amines) is 1. The summed E-state index contributed by atoms with van der Waals surface area (Å²) in [6.45, 7) is 5.95. The van der Waals surface area contributed by atoms with Crippen molar-refractivity contribution in [2.24, 2.45) is 17.3 Å². The van der Waals surface area contributed by atoms with E-state index in [9.17, 15) is 9.59 Å². The van der Waals surface area contributed by atoms with Gasteiger partial charge in [-0.2, -0.15) is 0 Å². The first-order chi connectivity index (χ1) is 12.0. The summed E-state index contributed by atoms with van der Waals surface area (Å²) in [6.07, 6.45) is 3.70. The fourth-order valence-corrected chi connectivity index (χ4v) is 4.31. The first-order valence-electron chi connectivity index (χ1n) is 9.17. The number of amides is 2. The molecule has 1 aromatic rings. The summed E-state index contributed by atoms with van der Waals surface area (Å²) in [5.41, 5.74) is -0.490.